The second-order valence-electron chi connectivity index (χ2n) is 11.5. The van der Waals surface area contributed by atoms with Crippen molar-refractivity contribution >= 4 is 52.7 Å². The third kappa shape index (κ3) is 10.6. The highest BCUT2D eigenvalue weighted by Gasteiger charge is 2.21. The minimum absolute atomic E-state index is 0.0285. The average molecular weight is 737 g/mol. The van der Waals surface area contributed by atoms with E-state index in [1.807, 2.05) is 0 Å². The Morgan fingerprint density at radius 1 is 0.906 bits per heavy atom. The van der Waals surface area contributed by atoms with E-state index in [1.54, 1.807) is 0 Å². The van der Waals surface area contributed by atoms with Crippen molar-refractivity contribution < 1.29 is 34.2 Å². The van der Waals surface area contributed by atoms with Crippen molar-refractivity contribution in [2.24, 2.45) is 5.73 Å². The Hall–Kier alpha value is -7.26. The zero-order valence-corrected chi connectivity index (χ0v) is 28.2. The van der Waals surface area contributed by atoms with E-state index in [4.69, 9.17) is 11.5 Å². The number of aromatic hydroxyl groups is 2. The van der Waals surface area contributed by atoms with Gasteiger partial charge in [0.25, 0.3) is 11.1 Å². The summed E-state index contributed by atoms with van der Waals surface area (Å²) < 4.78 is 2.20. The SMILES string of the molecule is Cc1cn(CC(=O)N(CCNC(=O)/C=C/c2ccc(O)c(O)c2)CC(=O)NCCN(CC(N)=O)C(=O)Cn2cnc3c(=O)[nH]c(N)nc32)c(=O)[nH]c1=O. The van der Waals surface area contributed by atoms with Crippen LogP contribution in [-0.2, 0) is 37.1 Å². The van der Waals surface area contributed by atoms with Gasteiger partial charge in [-0.05, 0) is 30.7 Å². The number of aromatic amines is 2. The van der Waals surface area contributed by atoms with Crippen LogP contribution in [0.25, 0.3) is 17.2 Å². The molecule has 10 N–H and O–H groups in total. The first-order valence-corrected chi connectivity index (χ1v) is 15.7. The number of hydrogen-bond acceptors (Lipinski definition) is 13. The summed E-state index contributed by atoms with van der Waals surface area (Å²) in [6, 6.07) is 3.94. The fourth-order valence-electron chi connectivity index (χ4n) is 4.83. The number of nitrogens with zero attached hydrogens (tertiary/aromatic N) is 6. The van der Waals surface area contributed by atoms with Gasteiger partial charge in [-0.15, -0.1) is 0 Å². The quantitative estimate of drug-likeness (QED) is 0.0403. The van der Waals surface area contributed by atoms with Crippen LogP contribution in [0.1, 0.15) is 11.1 Å². The lowest BCUT2D eigenvalue weighted by Gasteiger charge is -2.24. The fourth-order valence-corrected chi connectivity index (χ4v) is 4.83. The third-order valence-corrected chi connectivity index (χ3v) is 7.49. The Labute approximate surface area is 297 Å². The van der Waals surface area contributed by atoms with Gasteiger partial charge < -0.3 is 46.7 Å². The van der Waals surface area contributed by atoms with Gasteiger partial charge in [-0.2, -0.15) is 4.98 Å². The lowest BCUT2D eigenvalue weighted by atomic mass is 10.2. The second kappa shape index (κ2) is 17.1. The lowest BCUT2D eigenvalue weighted by molar-refractivity contribution is -0.137. The van der Waals surface area contributed by atoms with Crippen LogP contribution in [0.3, 0.4) is 0 Å². The fraction of sp³-hybridized carbons (Fsp3) is 0.290. The molecule has 0 aliphatic heterocycles. The molecule has 4 rings (SSSR count). The van der Waals surface area contributed by atoms with Crippen molar-refractivity contribution in [2.75, 3.05) is 45.0 Å². The summed E-state index contributed by atoms with van der Waals surface area (Å²) in [5.41, 5.74) is 9.37. The van der Waals surface area contributed by atoms with E-state index in [0.717, 1.165) is 20.4 Å². The number of carbonyl (C=O) groups excluding carboxylic acids is 5. The number of rotatable bonds is 16. The predicted molar refractivity (Wildman–Crippen MR) is 186 cm³/mol. The van der Waals surface area contributed by atoms with Crippen molar-refractivity contribution in [3.05, 3.63) is 79.1 Å². The molecule has 0 spiro atoms. The molecule has 280 valence electrons. The second-order valence-corrected chi connectivity index (χ2v) is 11.5. The minimum Gasteiger partial charge on any atom is -0.504 e. The summed E-state index contributed by atoms with van der Waals surface area (Å²) in [4.78, 5) is 114. The molecule has 0 fully saturated rings. The van der Waals surface area contributed by atoms with Gasteiger partial charge in [-0.25, -0.2) is 9.78 Å². The van der Waals surface area contributed by atoms with Gasteiger partial charge in [0.05, 0.1) is 19.4 Å². The molecular formula is C31H36N12O10. The van der Waals surface area contributed by atoms with E-state index in [9.17, 15) is 48.6 Å². The number of nitrogens with one attached hydrogen (secondary N) is 4. The van der Waals surface area contributed by atoms with Crippen molar-refractivity contribution in [1.82, 2.24) is 49.5 Å². The van der Waals surface area contributed by atoms with Gasteiger partial charge in [0.2, 0.25) is 35.5 Å². The van der Waals surface area contributed by atoms with Crippen LogP contribution in [0.2, 0.25) is 0 Å². The molecule has 0 aliphatic carbocycles. The number of aromatic nitrogens is 6. The molecule has 22 heteroatoms. The topological polar surface area (TPSA) is 327 Å². The molecule has 53 heavy (non-hydrogen) atoms. The summed E-state index contributed by atoms with van der Waals surface area (Å²) >= 11 is 0. The number of aryl methyl sites for hydroxylation is 1. The monoisotopic (exact) mass is 736 g/mol. The first-order chi connectivity index (χ1) is 25.1. The largest absolute Gasteiger partial charge is 0.504 e. The molecule has 0 atom stereocenters. The van der Waals surface area contributed by atoms with Crippen LogP contribution in [0, 0.1) is 6.92 Å². The van der Waals surface area contributed by atoms with Crippen LogP contribution in [0.4, 0.5) is 5.95 Å². The number of H-pyrrole nitrogens is 2. The van der Waals surface area contributed by atoms with E-state index in [1.165, 1.54) is 48.3 Å². The molecule has 0 saturated heterocycles. The van der Waals surface area contributed by atoms with Crippen molar-refractivity contribution in [3.63, 3.8) is 0 Å². The maximum Gasteiger partial charge on any atom is 0.328 e. The highest BCUT2D eigenvalue weighted by Crippen LogP contribution is 2.25. The van der Waals surface area contributed by atoms with Gasteiger partial charge in [0, 0.05) is 44.0 Å². The number of phenolic OH excluding ortho intramolecular Hbond substituents is 2. The number of hydrogen-bond donors (Lipinski definition) is 8. The molecule has 0 unspecified atom stereocenters. The number of nitrogens with two attached hydrogens (primary N) is 2. The smallest absolute Gasteiger partial charge is 0.328 e. The van der Waals surface area contributed by atoms with Crippen molar-refractivity contribution in [2.45, 2.75) is 20.0 Å². The molecule has 1 aromatic carbocycles. The first kappa shape index (κ1) is 38.5. The van der Waals surface area contributed by atoms with E-state index in [0.29, 0.717) is 5.56 Å². The van der Waals surface area contributed by atoms with Gasteiger partial charge in [-0.3, -0.25) is 48.1 Å². The number of primary amides is 1. The molecule has 5 amide bonds. The van der Waals surface area contributed by atoms with Gasteiger partial charge in [-0.1, -0.05) is 6.07 Å². The minimum atomic E-state index is -0.856. The van der Waals surface area contributed by atoms with E-state index in [-0.39, 0.29) is 60.4 Å². The molecule has 0 saturated carbocycles. The van der Waals surface area contributed by atoms with Gasteiger partial charge >= 0.3 is 5.69 Å². The number of imidazole rings is 1. The standard InChI is InChI=1S/C31H36N12O10/c1-17-11-42(31(53)39-28(17)51)14-24(49)41(9-6-34-22(47)5-3-18-2-4-19(44)20(45)10-18)13-23(48)35-7-8-40(12-21(32)46)25(50)15-43-16-36-26-27(43)37-30(33)38-29(26)52/h2-5,10-11,16,44-45H,6-9,12-15H2,1H3,(H2,32,46)(H,34,47)(H,35,48)(H,39,51,53)(H3,33,37,38,52)/b5-3+. The van der Waals surface area contributed by atoms with Gasteiger partial charge in [0.15, 0.2) is 22.7 Å². The Bertz CT molecular complexity index is 2250. The number of carbonyl (C=O) groups is 5. The Kier molecular flexibility index (Phi) is 12.4. The number of phenols is 2. The third-order valence-electron chi connectivity index (χ3n) is 7.49. The number of fused-ring (bicyclic) bond motifs is 1. The molecule has 0 bridgehead atoms. The molecule has 3 heterocycles. The highest BCUT2D eigenvalue weighted by atomic mass is 16.3. The molecule has 4 aromatic rings. The highest BCUT2D eigenvalue weighted by molar-refractivity contribution is 5.92. The van der Waals surface area contributed by atoms with Crippen LogP contribution in [0.15, 0.2) is 51.2 Å². The van der Waals surface area contributed by atoms with E-state index in [2.05, 4.69) is 30.6 Å². The molecule has 3 aromatic heterocycles. The normalized spacial score (nSPS) is 11.0. The summed E-state index contributed by atoms with van der Waals surface area (Å²) in [6.45, 7) is -1.33. The van der Waals surface area contributed by atoms with Crippen LogP contribution < -0.4 is 38.9 Å². The molecular weight excluding hydrogens is 700 g/mol. The van der Waals surface area contributed by atoms with E-state index >= 15 is 0 Å². The van der Waals surface area contributed by atoms with Crippen molar-refractivity contribution in [3.8, 4) is 11.5 Å². The summed E-state index contributed by atoms with van der Waals surface area (Å²) in [5.74, 6) is -4.40. The van der Waals surface area contributed by atoms with Crippen LogP contribution >= 0.6 is 0 Å². The maximum absolute atomic E-state index is 13.3. The van der Waals surface area contributed by atoms with Crippen LogP contribution in [0.5, 0.6) is 11.5 Å². The molecule has 0 radical (unpaired) electrons. The van der Waals surface area contributed by atoms with Crippen molar-refractivity contribution in [1.29, 1.82) is 0 Å². The maximum atomic E-state index is 13.3. The zero-order valence-electron chi connectivity index (χ0n) is 28.2. The molecule has 0 aliphatic rings. The number of nitrogen functional groups attached to an aromatic ring is 1. The summed E-state index contributed by atoms with van der Waals surface area (Å²) in [5, 5.41) is 24.2. The Morgan fingerprint density at radius 2 is 1.57 bits per heavy atom. The predicted octanol–water partition coefficient (Wildman–Crippen LogP) is -3.94. The first-order valence-electron chi connectivity index (χ1n) is 15.7. The number of benzene rings is 1. The zero-order chi connectivity index (χ0) is 38.8. The van der Waals surface area contributed by atoms with Gasteiger partial charge in [0.1, 0.15) is 13.1 Å². The Morgan fingerprint density at radius 3 is 2.25 bits per heavy atom. The molecule has 22 nitrogen and oxygen atoms in total. The summed E-state index contributed by atoms with van der Waals surface area (Å²) in [7, 11) is 0. The lowest BCUT2D eigenvalue weighted by Crippen LogP contribution is -2.48. The number of anilines is 1. The summed E-state index contributed by atoms with van der Waals surface area (Å²) in [6.07, 6.45) is 4.90. The Balaban J connectivity index is 1.39. The van der Waals surface area contributed by atoms with Crippen LogP contribution in [-0.4, -0.2) is 118 Å². The number of amides is 5. The average Bonchev–Trinajstić information content (AvgIpc) is 3.48. The van der Waals surface area contributed by atoms with E-state index < -0.39 is 72.5 Å².